The Bertz CT molecular complexity index is 831. The highest BCUT2D eigenvalue weighted by atomic mass is 127. The number of rotatable bonds is 8. The summed E-state index contributed by atoms with van der Waals surface area (Å²) < 4.78 is 6.69. The third-order valence-electron chi connectivity index (χ3n) is 4.16. The lowest BCUT2D eigenvalue weighted by molar-refractivity contribution is -0.142. The molecule has 28 heavy (non-hydrogen) atoms. The molecule has 8 heteroatoms. The average molecular weight is 535 g/mol. The average Bonchev–Trinajstić information content (AvgIpc) is 2.68. The second kappa shape index (κ2) is 10.9. The molecule has 0 heterocycles. The van der Waals surface area contributed by atoms with E-state index in [4.69, 9.17) is 27.9 Å². The van der Waals surface area contributed by atoms with Crippen molar-refractivity contribution in [2.24, 2.45) is 0 Å². The molecule has 150 valence electrons. The Hall–Kier alpha value is -1.51. The van der Waals surface area contributed by atoms with Gasteiger partial charge in [0, 0.05) is 27.2 Å². The van der Waals surface area contributed by atoms with Crippen LogP contribution in [0.4, 0.5) is 0 Å². The number of hydrogen-bond donors (Lipinski definition) is 1. The molecule has 0 aliphatic heterocycles. The van der Waals surface area contributed by atoms with E-state index in [-0.39, 0.29) is 25.0 Å². The van der Waals surface area contributed by atoms with Gasteiger partial charge in [0.05, 0.1) is 0 Å². The molecular weight excluding hydrogens is 514 g/mol. The van der Waals surface area contributed by atoms with Gasteiger partial charge in [0.25, 0.3) is 5.91 Å². The van der Waals surface area contributed by atoms with Gasteiger partial charge in [-0.1, -0.05) is 36.2 Å². The molecule has 1 N–H and O–H groups in total. The van der Waals surface area contributed by atoms with Crippen LogP contribution in [0.25, 0.3) is 0 Å². The van der Waals surface area contributed by atoms with E-state index in [1.807, 2.05) is 19.1 Å². The minimum absolute atomic E-state index is 0.177. The Labute approximate surface area is 188 Å². The normalized spacial score (nSPS) is 11.6. The molecule has 0 spiro atoms. The molecule has 2 rings (SSSR count). The maximum absolute atomic E-state index is 12.9. The Kier molecular flexibility index (Phi) is 8.85. The first-order chi connectivity index (χ1) is 13.3. The molecule has 0 fully saturated rings. The third-order valence-corrected chi connectivity index (χ3v) is 5.47. The predicted octanol–water partition coefficient (Wildman–Crippen LogP) is 4.53. The number of carbonyl (C=O) groups excluding carboxylic acids is 2. The summed E-state index contributed by atoms with van der Waals surface area (Å²) in [4.78, 5) is 26.8. The van der Waals surface area contributed by atoms with E-state index in [2.05, 4.69) is 27.9 Å². The first-order valence-electron chi connectivity index (χ1n) is 8.69. The van der Waals surface area contributed by atoms with E-state index >= 15 is 0 Å². The van der Waals surface area contributed by atoms with Crippen LogP contribution in [-0.4, -0.2) is 36.4 Å². The standard InChI is InChI=1S/C20H21Cl2IN2O3/c1-3-18(20(27)24-2)25(11-13-4-5-14(21)10-17(13)22)19(26)12-28-16-8-6-15(23)7-9-16/h4-10,18H,3,11-12H2,1-2H3,(H,24,27)/t18-/m0/s1. The first-order valence-corrected chi connectivity index (χ1v) is 10.5. The fraction of sp³-hybridized carbons (Fsp3) is 0.300. The van der Waals surface area contributed by atoms with Crippen molar-refractivity contribution >= 4 is 57.6 Å². The number of likely N-dealkylation sites (N-methyl/N-ethyl adjacent to an activating group) is 1. The maximum Gasteiger partial charge on any atom is 0.261 e. The van der Waals surface area contributed by atoms with Gasteiger partial charge >= 0.3 is 0 Å². The monoisotopic (exact) mass is 534 g/mol. The largest absolute Gasteiger partial charge is 0.484 e. The first kappa shape index (κ1) is 22.8. The summed E-state index contributed by atoms with van der Waals surface area (Å²) in [5.74, 6) is 0.0430. The van der Waals surface area contributed by atoms with Crippen molar-refractivity contribution in [3.8, 4) is 5.75 Å². The summed E-state index contributed by atoms with van der Waals surface area (Å²) in [6.45, 7) is 1.85. The number of benzene rings is 2. The second-order valence-corrected chi connectivity index (χ2v) is 8.13. The van der Waals surface area contributed by atoms with Crippen molar-refractivity contribution in [2.75, 3.05) is 13.7 Å². The van der Waals surface area contributed by atoms with Gasteiger partial charge in [-0.15, -0.1) is 0 Å². The van der Waals surface area contributed by atoms with Gasteiger partial charge in [-0.05, 0) is 71.0 Å². The summed E-state index contributed by atoms with van der Waals surface area (Å²) in [5, 5.41) is 3.56. The molecule has 2 aromatic rings. The molecular formula is C20H21Cl2IN2O3. The van der Waals surface area contributed by atoms with Crippen LogP contribution in [-0.2, 0) is 16.1 Å². The molecule has 0 radical (unpaired) electrons. The molecule has 0 aliphatic carbocycles. The molecule has 0 saturated carbocycles. The third kappa shape index (κ3) is 6.25. The molecule has 0 unspecified atom stereocenters. The van der Waals surface area contributed by atoms with Crippen molar-refractivity contribution in [2.45, 2.75) is 25.9 Å². The second-order valence-electron chi connectivity index (χ2n) is 6.04. The highest BCUT2D eigenvalue weighted by Gasteiger charge is 2.28. The minimum atomic E-state index is -0.635. The van der Waals surface area contributed by atoms with Gasteiger partial charge < -0.3 is 15.0 Å². The lowest BCUT2D eigenvalue weighted by atomic mass is 10.1. The van der Waals surface area contributed by atoms with Crippen molar-refractivity contribution in [1.29, 1.82) is 0 Å². The van der Waals surface area contributed by atoms with E-state index < -0.39 is 6.04 Å². The Morgan fingerprint density at radius 1 is 1.18 bits per heavy atom. The van der Waals surface area contributed by atoms with Crippen LogP contribution in [0.3, 0.4) is 0 Å². The van der Waals surface area contributed by atoms with E-state index in [1.54, 1.807) is 37.4 Å². The molecule has 5 nitrogen and oxygen atoms in total. The van der Waals surface area contributed by atoms with E-state index in [1.165, 1.54) is 4.90 Å². The zero-order chi connectivity index (χ0) is 20.7. The summed E-state index contributed by atoms with van der Waals surface area (Å²) >= 11 is 14.4. The summed E-state index contributed by atoms with van der Waals surface area (Å²) in [5.41, 5.74) is 0.705. The zero-order valence-electron chi connectivity index (χ0n) is 15.5. The topological polar surface area (TPSA) is 58.6 Å². The summed E-state index contributed by atoms with van der Waals surface area (Å²) in [6.07, 6.45) is 0.458. The number of nitrogens with one attached hydrogen (secondary N) is 1. The van der Waals surface area contributed by atoms with Crippen molar-refractivity contribution in [3.63, 3.8) is 0 Å². The Morgan fingerprint density at radius 3 is 2.43 bits per heavy atom. The van der Waals surface area contributed by atoms with Crippen molar-refractivity contribution in [1.82, 2.24) is 10.2 Å². The van der Waals surface area contributed by atoms with E-state index in [0.29, 0.717) is 27.8 Å². The number of nitrogens with zero attached hydrogens (tertiary/aromatic N) is 1. The number of carbonyl (C=O) groups is 2. The molecule has 2 aromatic carbocycles. The van der Waals surface area contributed by atoms with Crippen LogP contribution in [0, 0.1) is 3.57 Å². The lowest BCUT2D eigenvalue weighted by Crippen LogP contribution is -2.49. The number of hydrogen-bond acceptors (Lipinski definition) is 3. The van der Waals surface area contributed by atoms with Gasteiger partial charge in [0.2, 0.25) is 5.91 Å². The molecule has 0 bridgehead atoms. The zero-order valence-corrected chi connectivity index (χ0v) is 19.2. The fourth-order valence-electron chi connectivity index (χ4n) is 2.68. The lowest BCUT2D eigenvalue weighted by Gasteiger charge is -2.30. The smallest absolute Gasteiger partial charge is 0.261 e. The highest BCUT2D eigenvalue weighted by Crippen LogP contribution is 2.24. The van der Waals surface area contributed by atoms with Crippen LogP contribution in [0.15, 0.2) is 42.5 Å². The van der Waals surface area contributed by atoms with Crippen LogP contribution >= 0.6 is 45.8 Å². The molecule has 0 saturated heterocycles. The van der Waals surface area contributed by atoms with E-state index in [9.17, 15) is 9.59 Å². The van der Waals surface area contributed by atoms with Gasteiger partial charge in [-0.2, -0.15) is 0 Å². The van der Waals surface area contributed by atoms with E-state index in [0.717, 1.165) is 3.57 Å². The van der Waals surface area contributed by atoms with Crippen LogP contribution in [0.1, 0.15) is 18.9 Å². The highest BCUT2D eigenvalue weighted by molar-refractivity contribution is 14.1. The van der Waals surface area contributed by atoms with Gasteiger partial charge in [-0.3, -0.25) is 9.59 Å². The predicted molar refractivity (Wildman–Crippen MR) is 120 cm³/mol. The van der Waals surface area contributed by atoms with Crippen LogP contribution in [0.2, 0.25) is 10.0 Å². The number of ether oxygens (including phenoxy) is 1. The summed E-state index contributed by atoms with van der Waals surface area (Å²) in [6, 6.07) is 11.8. The number of halogens is 3. The Balaban J connectivity index is 2.21. The minimum Gasteiger partial charge on any atom is -0.484 e. The van der Waals surface area contributed by atoms with Gasteiger partial charge in [0.1, 0.15) is 11.8 Å². The van der Waals surface area contributed by atoms with Crippen LogP contribution in [0.5, 0.6) is 5.75 Å². The Morgan fingerprint density at radius 2 is 1.86 bits per heavy atom. The molecule has 0 aliphatic rings. The van der Waals surface area contributed by atoms with Crippen molar-refractivity contribution in [3.05, 3.63) is 61.6 Å². The quantitative estimate of drug-likeness (QED) is 0.506. The summed E-state index contributed by atoms with van der Waals surface area (Å²) in [7, 11) is 1.55. The maximum atomic E-state index is 12.9. The number of amides is 2. The molecule has 1 atom stereocenters. The van der Waals surface area contributed by atoms with Crippen molar-refractivity contribution < 1.29 is 14.3 Å². The van der Waals surface area contributed by atoms with Gasteiger partial charge in [0.15, 0.2) is 6.61 Å². The molecule has 2 amide bonds. The van der Waals surface area contributed by atoms with Crippen LogP contribution < -0.4 is 10.1 Å². The molecule has 0 aromatic heterocycles. The SMILES string of the molecule is CC[C@@H](C(=O)NC)N(Cc1ccc(Cl)cc1Cl)C(=O)COc1ccc(I)cc1. The fourth-order valence-corrected chi connectivity index (χ4v) is 3.51. The van der Waals surface area contributed by atoms with Gasteiger partial charge in [-0.25, -0.2) is 0 Å².